The van der Waals surface area contributed by atoms with Gasteiger partial charge < -0.3 is 11.1 Å². The number of primary amides is 1. The Morgan fingerprint density at radius 1 is 0.971 bits per heavy atom. The number of hydrogen-bond acceptors (Lipinski definition) is 5. The zero-order valence-electron chi connectivity index (χ0n) is 18.5. The molecule has 1 heterocycles. The fourth-order valence-corrected chi connectivity index (χ4v) is 5.14. The number of amides is 2. The molecule has 1 aliphatic heterocycles. The number of benzene rings is 3. The topological polar surface area (TPSA) is 122 Å². The number of nitrogens with two attached hydrogens (primary N) is 1. The van der Waals surface area contributed by atoms with Crippen LogP contribution in [0, 0.1) is 0 Å². The molecule has 1 fully saturated rings. The molecule has 34 heavy (non-hydrogen) atoms. The molecule has 8 nitrogen and oxygen atoms in total. The van der Waals surface area contributed by atoms with Crippen molar-refractivity contribution in [2.24, 2.45) is 5.73 Å². The summed E-state index contributed by atoms with van der Waals surface area (Å²) in [5.74, 6) is -0.713. The summed E-state index contributed by atoms with van der Waals surface area (Å²) in [7, 11) is -3.77. The lowest BCUT2D eigenvalue weighted by Crippen LogP contribution is -2.39. The minimum atomic E-state index is -3.77. The Morgan fingerprint density at radius 3 is 2.47 bits per heavy atom. The average Bonchev–Trinajstić information content (AvgIpc) is 3.29. The molecule has 2 amide bonds. The lowest BCUT2D eigenvalue weighted by molar-refractivity contribution is -0.122. The number of para-hydroxylation sites is 1. The number of rotatable bonds is 8. The average molecular weight is 479 g/mol. The van der Waals surface area contributed by atoms with E-state index in [2.05, 4.69) is 10.0 Å². The Labute approximate surface area is 198 Å². The highest BCUT2D eigenvalue weighted by atomic mass is 32.2. The van der Waals surface area contributed by atoms with Gasteiger partial charge in [0.05, 0.1) is 10.9 Å². The molecule has 3 aromatic rings. The van der Waals surface area contributed by atoms with Crippen LogP contribution in [0.5, 0.6) is 0 Å². The predicted octanol–water partition coefficient (Wildman–Crippen LogP) is 3.19. The van der Waals surface area contributed by atoms with Crippen molar-refractivity contribution in [3.63, 3.8) is 0 Å². The van der Waals surface area contributed by atoms with Crippen molar-refractivity contribution in [3.8, 4) is 0 Å². The summed E-state index contributed by atoms with van der Waals surface area (Å²) in [5, 5.41) is 2.91. The van der Waals surface area contributed by atoms with E-state index >= 15 is 0 Å². The van der Waals surface area contributed by atoms with E-state index < -0.39 is 10.0 Å². The highest BCUT2D eigenvalue weighted by Crippen LogP contribution is 2.25. The maximum absolute atomic E-state index is 13.0. The van der Waals surface area contributed by atoms with Gasteiger partial charge in [0, 0.05) is 23.5 Å². The molecular formula is C25H26N4O4S. The standard InChI is InChI=1S/C25H26N4O4S/c26-24(30)23-14-7-15-29(23)17-19-8-4-5-13-22(19)27-25(31)18-9-6-10-20(16-18)28-34(32,33)21-11-2-1-3-12-21/h1-6,8-13,16,23,28H,7,14-15,17H2,(H2,26,30)(H,27,31). The maximum atomic E-state index is 13.0. The summed E-state index contributed by atoms with van der Waals surface area (Å²) in [6.07, 6.45) is 1.63. The van der Waals surface area contributed by atoms with Gasteiger partial charge in [0.15, 0.2) is 0 Å². The van der Waals surface area contributed by atoms with Gasteiger partial charge in [-0.1, -0.05) is 42.5 Å². The van der Waals surface area contributed by atoms with E-state index in [0.29, 0.717) is 17.8 Å². The van der Waals surface area contributed by atoms with E-state index in [-0.39, 0.29) is 28.4 Å². The normalized spacial score (nSPS) is 16.2. The molecule has 0 aromatic heterocycles. The molecule has 4 N–H and O–H groups in total. The van der Waals surface area contributed by atoms with Crippen molar-refractivity contribution < 1.29 is 18.0 Å². The van der Waals surface area contributed by atoms with Crippen LogP contribution in [0.25, 0.3) is 0 Å². The molecule has 176 valence electrons. The summed E-state index contributed by atoms with van der Waals surface area (Å²) in [6, 6.07) is 21.4. The number of likely N-dealkylation sites (tertiary alicyclic amines) is 1. The van der Waals surface area contributed by atoms with E-state index in [1.807, 2.05) is 23.1 Å². The van der Waals surface area contributed by atoms with Crippen molar-refractivity contribution in [3.05, 3.63) is 90.0 Å². The molecule has 0 bridgehead atoms. The summed E-state index contributed by atoms with van der Waals surface area (Å²) in [5.41, 5.74) is 7.61. The number of carbonyl (C=O) groups is 2. The monoisotopic (exact) mass is 478 g/mol. The summed E-state index contributed by atoms with van der Waals surface area (Å²) >= 11 is 0. The molecule has 0 aliphatic carbocycles. The first-order valence-electron chi connectivity index (χ1n) is 10.9. The van der Waals surface area contributed by atoms with Crippen LogP contribution in [0.15, 0.2) is 83.8 Å². The quantitative estimate of drug-likeness (QED) is 0.459. The number of nitrogens with one attached hydrogen (secondary N) is 2. The number of carbonyl (C=O) groups excluding carboxylic acids is 2. The second-order valence-corrected chi connectivity index (χ2v) is 9.82. The van der Waals surface area contributed by atoms with Crippen molar-refractivity contribution in [1.82, 2.24) is 4.90 Å². The van der Waals surface area contributed by atoms with Crippen LogP contribution in [-0.4, -0.2) is 37.7 Å². The van der Waals surface area contributed by atoms with Gasteiger partial charge in [0.25, 0.3) is 15.9 Å². The Balaban J connectivity index is 1.49. The van der Waals surface area contributed by atoms with Crippen LogP contribution >= 0.6 is 0 Å². The van der Waals surface area contributed by atoms with Gasteiger partial charge in [-0.15, -0.1) is 0 Å². The lowest BCUT2D eigenvalue weighted by atomic mass is 10.1. The van der Waals surface area contributed by atoms with E-state index in [4.69, 9.17) is 5.73 Å². The third-order valence-corrected chi connectivity index (χ3v) is 7.16. The maximum Gasteiger partial charge on any atom is 0.261 e. The van der Waals surface area contributed by atoms with Gasteiger partial charge in [-0.25, -0.2) is 8.42 Å². The predicted molar refractivity (Wildman–Crippen MR) is 131 cm³/mol. The van der Waals surface area contributed by atoms with E-state index in [9.17, 15) is 18.0 Å². The van der Waals surface area contributed by atoms with Gasteiger partial charge in [-0.3, -0.25) is 19.2 Å². The molecule has 1 atom stereocenters. The molecule has 1 aliphatic rings. The van der Waals surface area contributed by atoms with Crippen molar-refractivity contribution in [2.45, 2.75) is 30.3 Å². The molecular weight excluding hydrogens is 452 g/mol. The second kappa shape index (κ2) is 10.1. The molecule has 3 aromatic carbocycles. The molecule has 0 saturated carbocycles. The Hall–Kier alpha value is -3.69. The minimum Gasteiger partial charge on any atom is -0.368 e. The van der Waals surface area contributed by atoms with Crippen molar-refractivity contribution >= 4 is 33.2 Å². The van der Waals surface area contributed by atoms with Crippen LogP contribution in [0.3, 0.4) is 0 Å². The first-order valence-corrected chi connectivity index (χ1v) is 12.4. The van der Waals surface area contributed by atoms with Crippen LogP contribution < -0.4 is 15.8 Å². The summed E-state index contributed by atoms with van der Waals surface area (Å²) in [4.78, 5) is 26.9. The number of anilines is 2. The van der Waals surface area contributed by atoms with Crippen LogP contribution in [0.4, 0.5) is 11.4 Å². The zero-order valence-corrected chi connectivity index (χ0v) is 19.3. The highest BCUT2D eigenvalue weighted by Gasteiger charge is 2.29. The SMILES string of the molecule is NC(=O)C1CCCN1Cc1ccccc1NC(=O)c1cccc(NS(=O)(=O)c2ccccc2)c1. The molecule has 0 radical (unpaired) electrons. The van der Waals surface area contributed by atoms with Crippen molar-refractivity contribution in [1.29, 1.82) is 0 Å². The fraction of sp³-hybridized carbons (Fsp3) is 0.200. The van der Waals surface area contributed by atoms with E-state index in [1.165, 1.54) is 18.2 Å². The highest BCUT2D eigenvalue weighted by molar-refractivity contribution is 7.92. The van der Waals surface area contributed by atoms with Crippen molar-refractivity contribution in [2.75, 3.05) is 16.6 Å². The third-order valence-electron chi connectivity index (χ3n) is 5.76. The Kier molecular flexibility index (Phi) is 6.95. The van der Waals surface area contributed by atoms with Gasteiger partial charge in [-0.05, 0) is 61.3 Å². The Morgan fingerprint density at radius 2 is 1.71 bits per heavy atom. The van der Waals surface area contributed by atoms with E-state index in [1.54, 1.807) is 42.5 Å². The first-order chi connectivity index (χ1) is 16.3. The number of nitrogens with zero attached hydrogens (tertiary/aromatic N) is 1. The van der Waals surface area contributed by atoms with Crippen LogP contribution in [-0.2, 0) is 21.4 Å². The molecule has 0 spiro atoms. The van der Waals surface area contributed by atoms with Gasteiger partial charge >= 0.3 is 0 Å². The van der Waals surface area contributed by atoms with Gasteiger partial charge in [0.1, 0.15) is 0 Å². The summed E-state index contributed by atoms with van der Waals surface area (Å²) < 4.78 is 27.7. The lowest BCUT2D eigenvalue weighted by Gasteiger charge is -2.23. The summed E-state index contributed by atoms with van der Waals surface area (Å²) in [6.45, 7) is 1.25. The third kappa shape index (κ3) is 5.44. The number of hydrogen-bond donors (Lipinski definition) is 3. The first kappa shape index (κ1) is 23.5. The molecule has 4 rings (SSSR count). The van der Waals surface area contributed by atoms with Crippen LogP contribution in [0.1, 0.15) is 28.8 Å². The molecule has 1 saturated heterocycles. The molecule has 9 heteroatoms. The minimum absolute atomic E-state index is 0.134. The number of sulfonamides is 1. The van der Waals surface area contributed by atoms with Gasteiger partial charge in [0.2, 0.25) is 5.91 Å². The fourth-order valence-electron chi connectivity index (χ4n) is 4.07. The largest absolute Gasteiger partial charge is 0.368 e. The van der Waals surface area contributed by atoms with E-state index in [0.717, 1.165) is 24.9 Å². The molecule has 1 unspecified atom stereocenters. The van der Waals surface area contributed by atoms with Crippen LogP contribution in [0.2, 0.25) is 0 Å². The smallest absolute Gasteiger partial charge is 0.261 e. The zero-order chi connectivity index (χ0) is 24.1. The second-order valence-electron chi connectivity index (χ2n) is 8.14. The van der Waals surface area contributed by atoms with Gasteiger partial charge in [-0.2, -0.15) is 0 Å². The Bertz CT molecular complexity index is 1300.